The van der Waals surface area contributed by atoms with Crippen LogP contribution in [0.4, 0.5) is 0 Å². The number of rotatable bonds is 0. The predicted molar refractivity (Wildman–Crippen MR) is 33.5 cm³/mol. The minimum Gasteiger partial charge on any atom is -0.483 e. The Bertz CT molecular complexity index is 218. The van der Waals surface area contributed by atoms with Crippen molar-refractivity contribution in [1.82, 2.24) is 0 Å². The van der Waals surface area contributed by atoms with E-state index in [-0.39, 0.29) is 11.7 Å². The van der Waals surface area contributed by atoms with E-state index < -0.39 is 0 Å². The molecule has 1 unspecified atom stereocenters. The summed E-state index contributed by atoms with van der Waals surface area (Å²) >= 11 is 0. The minimum atomic E-state index is -0.244. The first-order valence-electron chi connectivity index (χ1n) is 3.61. The van der Waals surface area contributed by atoms with Crippen LogP contribution in [0.1, 0.15) is 0 Å². The molecule has 3 heterocycles. The van der Waals surface area contributed by atoms with Crippen LogP contribution in [0.3, 0.4) is 0 Å². The van der Waals surface area contributed by atoms with Crippen LogP contribution < -0.4 is 0 Å². The highest BCUT2D eigenvalue weighted by Gasteiger charge is 2.56. The molecule has 60 valence electrons. The van der Waals surface area contributed by atoms with Gasteiger partial charge in [-0.25, -0.2) is 0 Å². The third kappa shape index (κ3) is 0.570. The maximum absolute atomic E-state index is 5.41. The van der Waals surface area contributed by atoms with Gasteiger partial charge in [-0.1, -0.05) is 0 Å². The second kappa shape index (κ2) is 1.70. The molecule has 2 saturated heterocycles. The van der Waals surface area contributed by atoms with Crippen molar-refractivity contribution in [1.29, 1.82) is 0 Å². The summed E-state index contributed by atoms with van der Waals surface area (Å²) < 4.78 is 21.0. The van der Waals surface area contributed by atoms with Crippen molar-refractivity contribution in [2.24, 2.45) is 0 Å². The van der Waals surface area contributed by atoms with Crippen molar-refractivity contribution in [3.05, 3.63) is 12.0 Å². The van der Waals surface area contributed by atoms with Crippen molar-refractivity contribution in [3.8, 4) is 0 Å². The van der Waals surface area contributed by atoms with Crippen LogP contribution in [0, 0.1) is 0 Å². The summed E-state index contributed by atoms with van der Waals surface area (Å²) in [6.45, 7) is 1.57. The Balaban J connectivity index is 1.92. The minimum absolute atomic E-state index is 0.0174. The Morgan fingerprint density at radius 2 is 2.36 bits per heavy atom. The molecule has 0 saturated carbocycles. The van der Waals surface area contributed by atoms with Crippen molar-refractivity contribution < 1.29 is 18.9 Å². The van der Waals surface area contributed by atoms with E-state index >= 15 is 0 Å². The molecule has 3 aliphatic heterocycles. The van der Waals surface area contributed by atoms with Gasteiger partial charge in [-0.2, -0.15) is 0 Å². The van der Waals surface area contributed by atoms with Gasteiger partial charge in [-0.3, -0.25) is 0 Å². The zero-order valence-corrected chi connectivity index (χ0v) is 5.91. The number of fused-ring (bicyclic) bond motifs is 2. The van der Waals surface area contributed by atoms with E-state index in [2.05, 4.69) is 0 Å². The van der Waals surface area contributed by atoms with Gasteiger partial charge in [0.15, 0.2) is 24.3 Å². The van der Waals surface area contributed by atoms with Gasteiger partial charge in [0, 0.05) is 0 Å². The number of ether oxygens (including phenoxy) is 4. The van der Waals surface area contributed by atoms with E-state index in [1.54, 1.807) is 6.26 Å². The lowest BCUT2D eigenvalue weighted by Crippen LogP contribution is -2.57. The summed E-state index contributed by atoms with van der Waals surface area (Å²) in [6, 6.07) is 0. The largest absolute Gasteiger partial charge is 0.483 e. The molecule has 0 aromatic heterocycles. The Hall–Kier alpha value is -0.740. The van der Waals surface area contributed by atoms with Gasteiger partial charge in [-0.05, 0) is 0 Å². The molecule has 0 amide bonds. The van der Waals surface area contributed by atoms with Gasteiger partial charge >= 0.3 is 0 Å². The van der Waals surface area contributed by atoms with Crippen molar-refractivity contribution in [3.63, 3.8) is 0 Å². The zero-order valence-electron chi connectivity index (χ0n) is 5.91. The number of hydrogen-bond donors (Lipinski definition) is 0. The first kappa shape index (κ1) is 5.85. The molecule has 0 aromatic rings. The smallest absolute Gasteiger partial charge is 0.189 e. The molecule has 0 radical (unpaired) electrons. The van der Waals surface area contributed by atoms with Crippen LogP contribution in [0.15, 0.2) is 12.0 Å². The lowest BCUT2D eigenvalue weighted by atomic mass is 9.95. The average molecular weight is 156 g/mol. The highest BCUT2D eigenvalue weighted by atomic mass is 16.7. The summed E-state index contributed by atoms with van der Waals surface area (Å²) in [5.41, 5.74) is -0.244. The fraction of sp³-hybridized carbons (Fsp3) is 0.714. The lowest BCUT2D eigenvalue weighted by molar-refractivity contribution is -0.214. The van der Waals surface area contributed by atoms with Crippen molar-refractivity contribution in [2.75, 3.05) is 20.0 Å². The molecule has 4 nitrogen and oxygen atoms in total. The van der Waals surface area contributed by atoms with E-state index in [0.29, 0.717) is 20.0 Å². The standard InChI is InChI=1S/C7H8O4/c1-5-6(10-4-9-5)7(11-1)2-8-3-7/h1,6H,2-4H2. The molecule has 3 rings (SSSR count). The van der Waals surface area contributed by atoms with E-state index in [4.69, 9.17) is 18.9 Å². The highest BCUT2D eigenvalue weighted by molar-refractivity contribution is 5.18. The van der Waals surface area contributed by atoms with Crippen molar-refractivity contribution in [2.45, 2.75) is 11.7 Å². The van der Waals surface area contributed by atoms with Crippen LogP contribution in [-0.4, -0.2) is 31.7 Å². The van der Waals surface area contributed by atoms with E-state index in [0.717, 1.165) is 5.76 Å². The molecule has 4 heteroatoms. The summed E-state index contributed by atoms with van der Waals surface area (Å²) in [7, 11) is 0. The van der Waals surface area contributed by atoms with Crippen LogP contribution in [-0.2, 0) is 18.9 Å². The summed E-state index contributed by atoms with van der Waals surface area (Å²) in [6.07, 6.45) is 1.62. The van der Waals surface area contributed by atoms with Gasteiger partial charge < -0.3 is 18.9 Å². The molecule has 0 aliphatic carbocycles. The van der Waals surface area contributed by atoms with E-state index in [1.807, 2.05) is 0 Å². The highest BCUT2D eigenvalue weighted by Crippen LogP contribution is 2.40. The van der Waals surface area contributed by atoms with E-state index in [9.17, 15) is 0 Å². The molecule has 0 bridgehead atoms. The van der Waals surface area contributed by atoms with Crippen LogP contribution >= 0.6 is 0 Å². The van der Waals surface area contributed by atoms with Gasteiger partial charge in [0.1, 0.15) is 6.26 Å². The van der Waals surface area contributed by atoms with Gasteiger partial charge in [0.05, 0.1) is 13.2 Å². The van der Waals surface area contributed by atoms with Gasteiger partial charge in [-0.15, -0.1) is 0 Å². The second-order valence-corrected chi connectivity index (χ2v) is 3.00. The molecular formula is C7H8O4. The molecule has 1 atom stereocenters. The van der Waals surface area contributed by atoms with Crippen LogP contribution in [0.25, 0.3) is 0 Å². The third-order valence-corrected chi connectivity index (χ3v) is 2.30. The fourth-order valence-electron chi connectivity index (χ4n) is 1.59. The van der Waals surface area contributed by atoms with Crippen molar-refractivity contribution >= 4 is 0 Å². The Kier molecular flexibility index (Phi) is 0.906. The first-order chi connectivity index (χ1) is 5.41. The monoisotopic (exact) mass is 156 g/mol. The van der Waals surface area contributed by atoms with Gasteiger partial charge in [0.2, 0.25) is 0 Å². The second-order valence-electron chi connectivity index (χ2n) is 3.00. The zero-order chi connectivity index (χ0) is 7.31. The topological polar surface area (TPSA) is 36.9 Å². The Labute approximate surface area is 63.7 Å². The SMILES string of the molecule is C1=C2OCOC2C2(COC2)O1. The molecule has 0 N–H and O–H groups in total. The quantitative estimate of drug-likeness (QED) is 0.494. The molecule has 2 fully saturated rings. The maximum atomic E-state index is 5.41. The van der Waals surface area contributed by atoms with E-state index in [1.165, 1.54) is 0 Å². The predicted octanol–water partition coefficient (Wildman–Crippen LogP) is -0.000100. The molecule has 0 aromatic carbocycles. The molecular weight excluding hydrogens is 148 g/mol. The summed E-state index contributed by atoms with van der Waals surface area (Å²) in [5, 5.41) is 0. The fourth-order valence-corrected chi connectivity index (χ4v) is 1.59. The summed E-state index contributed by atoms with van der Waals surface area (Å²) in [5.74, 6) is 0.813. The molecule has 11 heavy (non-hydrogen) atoms. The summed E-state index contributed by atoms with van der Waals surface area (Å²) in [4.78, 5) is 0. The Morgan fingerprint density at radius 1 is 1.45 bits per heavy atom. The first-order valence-corrected chi connectivity index (χ1v) is 3.61. The third-order valence-electron chi connectivity index (χ3n) is 2.30. The maximum Gasteiger partial charge on any atom is 0.189 e. The van der Waals surface area contributed by atoms with Gasteiger partial charge in [0.25, 0.3) is 0 Å². The number of hydrogen-bond acceptors (Lipinski definition) is 4. The van der Waals surface area contributed by atoms with Crippen LogP contribution in [0.5, 0.6) is 0 Å². The average Bonchev–Trinajstić information content (AvgIpc) is 2.38. The lowest BCUT2D eigenvalue weighted by Gasteiger charge is -2.39. The normalized spacial score (nSPS) is 37.1. The van der Waals surface area contributed by atoms with Crippen LogP contribution in [0.2, 0.25) is 0 Å². The Morgan fingerprint density at radius 3 is 3.09 bits per heavy atom. The molecule has 1 spiro atoms. The molecule has 3 aliphatic rings.